The second-order valence-electron chi connectivity index (χ2n) is 3.00. The van der Waals surface area contributed by atoms with Gasteiger partial charge in [-0.25, -0.2) is 4.39 Å². The van der Waals surface area contributed by atoms with E-state index in [4.69, 9.17) is 9.63 Å². The first-order chi connectivity index (χ1) is 7.29. The van der Waals surface area contributed by atoms with Crippen LogP contribution in [0.5, 0.6) is 0 Å². The molecule has 0 atom stereocenters. The summed E-state index contributed by atoms with van der Waals surface area (Å²) < 4.78 is 17.8. The maximum absolute atomic E-state index is 12.9. The number of aliphatic hydroxyl groups is 1. The molecule has 4 nitrogen and oxygen atoms in total. The monoisotopic (exact) mass is 208 g/mol. The molecule has 0 radical (unpaired) electrons. The maximum Gasteiger partial charge on any atom is 0.258 e. The van der Waals surface area contributed by atoms with E-state index in [1.165, 1.54) is 12.1 Å². The third-order valence-electron chi connectivity index (χ3n) is 1.88. The van der Waals surface area contributed by atoms with E-state index in [1.807, 2.05) is 0 Å². The Morgan fingerprint density at radius 3 is 3.00 bits per heavy atom. The van der Waals surface area contributed by atoms with Crippen LogP contribution in [0.15, 0.2) is 28.8 Å². The largest absolute Gasteiger partial charge is 0.396 e. The van der Waals surface area contributed by atoms with Gasteiger partial charge in [-0.05, 0) is 18.2 Å². The van der Waals surface area contributed by atoms with Gasteiger partial charge in [-0.2, -0.15) is 4.98 Å². The van der Waals surface area contributed by atoms with Crippen molar-refractivity contribution in [3.05, 3.63) is 35.9 Å². The second-order valence-corrected chi connectivity index (χ2v) is 3.00. The lowest BCUT2D eigenvalue weighted by atomic mass is 10.2. The average molecular weight is 208 g/mol. The zero-order chi connectivity index (χ0) is 10.7. The highest BCUT2D eigenvalue weighted by Gasteiger charge is 2.08. The molecule has 1 aromatic heterocycles. The molecule has 0 aliphatic carbocycles. The Morgan fingerprint density at radius 1 is 1.40 bits per heavy atom. The van der Waals surface area contributed by atoms with Gasteiger partial charge in [0.15, 0.2) is 5.82 Å². The minimum Gasteiger partial charge on any atom is -0.396 e. The lowest BCUT2D eigenvalue weighted by molar-refractivity contribution is 0.293. The fraction of sp³-hybridized carbons (Fsp3) is 0.200. The summed E-state index contributed by atoms with van der Waals surface area (Å²) in [6, 6.07) is 5.91. The number of halogens is 1. The van der Waals surface area contributed by atoms with Gasteiger partial charge < -0.3 is 9.63 Å². The first kappa shape index (κ1) is 9.79. The summed E-state index contributed by atoms with van der Waals surface area (Å²) in [7, 11) is 0. The zero-order valence-electron chi connectivity index (χ0n) is 7.85. The molecular weight excluding hydrogens is 199 g/mol. The van der Waals surface area contributed by atoms with Crippen LogP contribution in [0.4, 0.5) is 4.39 Å². The van der Waals surface area contributed by atoms with Gasteiger partial charge in [-0.15, -0.1) is 0 Å². The number of rotatable bonds is 3. The standard InChI is InChI=1S/C10H9FN2O2/c11-8-3-1-2-7(6-8)10-12-9(4-5-14)13-15-10/h1-3,6,14H,4-5H2. The molecule has 15 heavy (non-hydrogen) atoms. The third-order valence-corrected chi connectivity index (χ3v) is 1.88. The molecule has 0 amide bonds. The van der Waals surface area contributed by atoms with Gasteiger partial charge in [0.05, 0.1) is 6.61 Å². The van der Waals surface area contributed by atoms with Crippen molar-refractivity contribution in [3.8, 4) is 11.5 Å². The molecule has 0 aliphatic rings. The lowest BCUT2D eigenvalue weighted by Gasteiger charge is -1.92. The van der Waals surface area contributed by atoms with Gasteiger partial charge in [0.25, 0.3) is 5.89 Å². The first-order valence-electron chi connectivity index (χ1n) is 4.49. The number of benzene rings is 1. The Balaban J connectivity index is 2.29. The minimum absolute atomic E-state index is 0.0396. The number of nitrogens with zero attached hydrogens (tertiary/aromatic N) is 2. The normalized spacial score (nSPS) is 10.5. The van der Waals surface area contributed by atoms with Gasteiger partial charge in [0, 0.05) is 12.0 Å². The fourth-order valence-electron chi connectivity index (χ4n) is 1.19. The Kier molecular flexibility index (Phi) is 2.73. The van der Waals surface area contributed by atoms with Gasteiger partial charge in [-0.3, -0.25) is 0 Å². The number of hydrogen-bond donors (Lipinski definition) is 1. The average Bonchev–Trinajstić information content (AvgIpc) is 2.67. The molecule has 0 aliphatic heterocycles. The van der Waals surface area contributed by atoms with Crippen molar-refractivity contribution in [2.75, 3.05) is 6.61 Å². The molecular formula is C10H9FN2O2. The highest BCUT2D eigenvalue weighted by Crippen LogP contribution is 2.17. The molecule has 2 rings (SSSR count). The number of aromatic nitrogens is 2. The van der Waals surface area contributed by atoms with Crippen molar-refractivity contribution in [2.24, 2.45) is 0 Å². The maximum atomic E-state index is 12.9. The summed E-state index contributed by atoms with van der Waals surface area (Å²) in [5.41, 5.74) is 0.534. The molecule has 0 saturated heterocycles. The minimum atomic E-state index is -0.352. The van der Waals surface area contributed by atoms with E-state index in [1.54, 1.807) is 12.1 Å². The Hall–Kier alpha value is -1.75. The summed E-state index contributed by atoms with van der Waals surface area (Å²) in [4.78, 5) is 4.01. The lowest BCUT2D eigenvalue weighted by Crippen LogP contribution is -1.92. The zero-order valence-corrected chi connectivity index (χ0v) is 7.85. The molecule has 78 valence electrons. The van der Waals surface area contributed by atoms with E-state index >= 15 is 0 Å². The number of aliphatic hydroxyl groups excluding tert-OH is 1. The van der Waals surface area contributed by atoms with Crippen molar-refractivity contribution in [1.82, 2.24) is 10.1 Å². The Bertz CT molecular complexity index is 456. The van der Waals surface area contributed by atoms with E-state index in [0.717, 1.165) is 0 Å². The van der Waals surface area contributed by atoms with Crippen LogP contribution < -0.4 is 0 Å². The summed E-state index contributed by atoms with van der Waals surface area (Å²) in [6.07, 6.45) is 0.332. The third kappa shape index (κ3) is 2.19. The summed E-state index contributed by atoms with van der Waals surface area (Å²) in [5.74, 6) is 0.323. The SMILES string of the molecule is OCCc1noc(-c2cccc(F)c2)n1. The van der Waals surface area contributed by atoms with Crippen molar-refractivity contribution < 1.29 is 14.0 Å². The van der Waals surface area contributed by atoms with E-state index in [2.05, 4.69) is 10.1 Å². The van der Waals surface area contributed by atoms with Crippen LogP contribution in [0.1, 0.15) is 5.82 Å². The van der Waals surface area contributed by atoms with Crippen LogP contribution >= 0.6 is 0 Å². The first-order valence-corrected chi connectivity index (χ1v) is 4.49. The smallest absolute Gasteiger partial charge is 0.258 e. The topological polar surface area (TPSA) is 59.2 Å². The van der Waals surface area contributed by atoms with Gasteiger partial charge in [0.1, 0.15) is 5.82 Å². The summed E-state index contributed by atoms with van der Waals surface area (Å²) in [5, 5.41) is 12.3. The summed E-state index contributed by atoms with van der Waals surface area (Å²) in [6.45, 7) is -0.0396. The van der Waals surface area contributed by atoms with Crippen molar-refractivity contribution in [2.45, 2.75) is 6.42 Å². The molecule has 5 heteroatoms. The van der Waals surface area contributed by atoms with Crippen LogP contribution in [-0.4, -0.2) is 21.9 Å². The van der Waals surface area contributed by atoms with Crippen molar-refractivity contribution in [3.63, 3.8) is 0 Å². The van der Waals surface area contributed by atoms with Crippen molar-refractivity contribution in [1.29, 1.82) is 0 Å². The molecule has 0 saturated carbocycles. The Morgan fingerprint density at radius 2 is 2.27 bits per heavy atom. The highest BCUT2D eigenvalue weighted by molar-refractivity contribution is 5.52. The van der Waals surface area contributed by atoms with E-state index in [0.29, 0.717) is 17.8 Å². The second kappa shape index (κ2) is 4.18. The molecule has 0 bridgehead atoms. The van der Waals surface area contributed by atoms with Crippen LogP contribution in [0.2, 0.25) is 0 Å². The van der Waals surface area contributed by atoms with Crippen LogP contribution in [0.3, 0.4) is 0 Å². The summed E-state index contributed by atoms with van der Waals surface area (Å²) >= 11 is 0. The predicted molar refractivity (Wildman–Crippen MR) is 50.5 cm³/mol. The molecule has 1 aromatic carbocycles. The molecule has 1 heterocycles. The van der Waals surface area contributed by atoms with Crippen LogP contribution in [0.25, 0.3) is 11.5 Å². The molecule has 0 unspecified atom stereocenters. The quantitative estimate of drug-likeness (QED) is 0.828. The van der Waals surface area contributed by atoms with Crippen LogP contribution in [0, 0.1) is 5.82 Å². The van der Waals surface area contributed by atoms with Gasteiger partial charge >= 0.3 is 0 Å². The van der Waals surface area contributed by atoms with Gasteiger partial charge in [0.2, 0.25) is 0 Å². The number of hydrogen-bond acceptors (Lipinski definition) is 4. The Labute approximate surface area is 85.4 Å². The van der Waals surface area contributed by atoms with E-state index in [9.17, 15) is 4.39 Å². The van der Waals surface area contributed by atoms with Crippen LogP contribution in [-0.2, 0) is 6.42 Å². The highest BCUT2D eigenvalue weighted by atomic mass is 19.1. The molecule has 2 aromatic rings. The molecule has 0 spiro atoms. The van der Waals surface area contributed by atoms with E-state index in [-0.39, 0.29) is 18.3 Å². The van der Waals surface area contributed by atoms with E-state index < -0.39 is 0 Å². The molecule has 1 N–H and O–H groups in total. The molecule has 0 fully saturated rings. The van der Waals surface area contributed by atoms with Crippen molar-refractivity contribution >= 4 is 0 Å². The predicted octanol–water partition coefficient (Wildman–Crippen LogP) is 1.41. The van der Waals surface area contributed by atoms with Gasteiger partial charge in [-0.1, -0.05) is 11.2 Å². The fourth-order valence-corrected chi connectivity index (χ4v) is 1.19.